The predicted octanol–water partition coefficient (Wildman–Crippen LogP) is 6.09. The number of rotatable bonds is 5. The maximum atomic E-state index is 13.0. The summed E-state index contributed by atoms with van der Waals surface area (Å²) in [4.78, 5) is 12.4. The average molecular weight is 439 g/mol. The highest BCUT2D eigenvalue weighted by molar-refractivity contribution is 6.34. The van der Waals surface area contributed by atoms with E-state index in [2.05, 4.69) is 5.32 Å². The zero-order valence-corrected chi connectivity index (χ0v) is 17.4. The lowest BCUT2D eigenvalue weighted by atomic mass is 10.0. The minimum absolute atomic E-state index is 0.140. The molecule has 0 atom stereocenters. The molecule has 0 spiro atoms. The first-order valence-electron chi connectivity index (χ1n) is 9.85. The summed E-state index contributed by atoms with van der Waals surface area (Å²) in [7, 11) is 1.52. The van der Waals surface area contributed by atoms with E-state index in [0.29, 0.717) is 29.2 Å². The number of anilines is 1. The molecule has 0 saturated carbocycles. The largest absolute Gasteiger partial charge is 0.493 e. The summed E-state index contributed by atoms with van der Waals surface area (Å²) in [5.41, 5.74) is 2.86. The number of hydrogen-bond donors (Lipinski definition) is 1. The van der Waals surface area contributed by atoms with Crippen molar-refractivity contribution in [2.75, 3.05) is 12.4 Å². The van der Waals surface area contributed by atoms with Crippen LogP contribution in [0.4, 0.5) is 18.9 Å². The number of carbonyl (C=O) groups excluding carboxylic acids is 1. The summed E-state index contributed by atoms with van der Waals surface area (Å²) in [6.45, 7) is 2.38. The van der Waals surface area contributed by atoms with Gasteiger partial charge in [0, 0.05) is 16.8 Å². The first kappa shape index (κ1) is 21.5. The van der Waals surface area contributed by atoms with E-state index in [4.69, 9.17) is 9.47 Å². The standard InChI is InChI=1S/C25H20F3NO3/c1-15-3-5-16(6-4-15)14-32-22-10-7-17(12-23(22)31-2)11-20-19-9-8-18(25(26,27)28)13-21(19)29-24(20)30/h3-13H,14H2,1-2H3,(H,29,30)/b20-11-. The van der Waals surface area contributed by atoms with Crippen molar-refractivity contribution in [1.29, 1.82) is 0 Å². The summed E-state index contributed by atoms with van der Waals surface area (Å²) < 4.78 is 50.2. The van der Waals surface area contributed by atoms with Gasteiger partial charge in [0.25, 0.3) is 5.91 Å². The molecule has 1 aliphatic rings. The Morgan fingerprint density at radius 2 is 1.72 bits per heavy atom. The van der Waals surface area contributed by atoms with Crippen LogP contribution in [0.15, 0.2) is 60.7 Å². The maximum absolute atomic E-state index is 13.0. The molecule has 1 amide bonds. The second-order valence-corrected chi connectivity index (χ2v) is 7.45. The highest BCUT2D eigenvalue weighted by Gasteiger charge is 2.33. The van der Waals surface area contributed by atoms with Crippen molar-refractivity contribution >= 4 is 23.2 Å². The molecule has 3 aromatic rings. The average Bonchev–Trinajstić information content (AvgIpc) is 3.07. The molecular formula is C25H20F3NO3. The number of fused-ring (bicyclic) bond motifs is 1. The number of aryl methyl sites for hydroxylation is 1. The van der Waals surface area contributed by atoms with Crippen LogP contribution in [-0.4, -0.2) is 13.0 Å². The SMILES string of the molecule is COc1cc(/C=C2\C(=O)Nc3cc(C(F)(F)F)ccc32)ccc1OCc1ccc(C)cc1. The van der Waals surface area contributed by atoms with Gasteiger partial charge in [-0.25, -0.2) is 0 Å². The Hall–Kier alpha value is -3.74. The van der Waals surface area contributed by atoms with E-state index in [1.807, 2.05) is 31.2 Å². The Labute approximate surface area is 183 Å². The van der Waals surface area contributed by atoms with Crippen LogP contribution < -0.4 is 14.8 Å². The van der Waals surface area contributed by atoms with Gasteiger partial charge in [-0.05, 0) is 48.4 Å². The van der Waals surface area contributed by atoms with Gasteiger partial charge in [-0.2, -0.15) is 13.2 Å². The third-order valence-electron chi connectivity index (χ3n) is 5.14. The lowest BCUT2D eigenvalue weighted by Gasteiger charge is -2.12. The molecule has 0 saturated heterocycles. The first-order chi connectivity index (χ1) is 15.2. The Bertz CT molecular complexity index is 1200. The van der Waals surface area contributed by atoms with E-state index < -0.39 is 17.6 Å². The van der Waals surface area contributed by atoms with E-state index in [1.54, 1.807) is 24.3 Å². The molecule has 3 aromatic carbocycles. The van der Waals surface area contributed by atoms with Crippen LogP contribution in [-0.2, 0) is 17.6 Å². The van der Waals surface area contributed by atoms with E-state index >= 15 is 0 Å². The number of ether oxygens (including phenoxy) is 2. The Morgan fingerprint density at radius 1 is 0.969 bits per heavy atom. The number of benzene rings is 3. The molecule has 0 radical (unpaired) electrons. The number of alkyl halides is 3. The Balaban J connectivity index is 1.58. The first-order valence-corrected chi connectivity index (χ1v) is 9.85. The summed E-state index contributed by atoms with van der Waals surface area (Å²) in [5, 5.41) is 2.50. The summed E-state index contributed by atoms with van der Waals surface area (Å²) in [6.07, 6.45) is -2.87. The molecule has 1 aliphatic heterocycles. The predicted molar refractivity (Wildman–Crippen MR) is 116 cm³/mol. The van der Waals surface area contributed by atoms with Crippen molar-refractivity contribution in [3.63, 3.8) is 0 Å². The van der Waals surface area contributed by atoms with Crippen molar-refractivity contribution in [2.45, 2.75) is 19.7 Å². The number of nitrogens with one attached hydrogen (secondary N) is 1. The third-order valence-corrected chi connectivity index (χ3v) is 5.14. The van der Waals surface area contributed by atoms with E-state index in [-0.39, 0.29) is 11.3 Å². The van der Waals surface area contributed by atoms with Gasteiger partial charge < -0.3 is 14.8 Å². The molecule has 7 heteroatoms. The second-order valence-electron chi connectivity index (χ2n) is 7.45. The molecule has 32 heavy (non-hydrogen) atoms. The Kier molecular flexibility index (Phi) is 5.65. The van der Waals surface area contributed by atoms with Crippen molar-refractivity contribution in [2.24, 2.45) is 0 Å². The molecule has 0 fully saturated rings. The van der Waals surface area contributed by atoms with Gasteiger partial charge in [-0.1, -0.05) is 42.0 Å². The van der Waals surface area contributed by atoms with Gasteiger partial charge in [0.2, 0.25) is 0 Å². The molecule has 0 aliphatic carbocycles. The molecule has 1 N–H and O–H groups in total. The minimum Gasteiger partial charge on any atom is -0.493 e. The molecule has 4 rings (SSSR count). The maximum Gasteiger partial charge on any atom is 0.416 e. The smallest absolute Gasteiger partial charge is 0.416 e. The van der Waals surface area contributed by atoms with Gasteiger partial charge in [0.1, 0.15) is 6.61 Å². The number of halogens is 3. The van der Waals surface area contributed by atoms with Gasteiger partial charge in [-0.3, -0.25) is 4.79 Å². The Morgan fingerprint density at radius 3 is 2.41 bits per heavy atom. The summed E-state index contributed by atoms with van der Waals surface area (Å²) in [6, 6.07) is 16.4. The molecule has 1 heterocycles. The van der Waals surface area contributed by atoms with Crippen LogP contribution in [0, 0.1) is 6.92 Å². The highest BCUT2D eigenvalue weighted by atomic mass is 19.4. The molecule has 0 aromatic heterocycles. The third kappa shape index (κ3) is 4.46. The lowest BCUT2D eigenvalue weighted by Crippen LogP contribution is -2.06. The number of hydrogen-bond acceptors (Lipinski definition) is 3. The van der Waals surface area contributed by atoms with Crippen LogP contribution >= 0.6 is 0 Å². The van der Waals surface area contributed by atoms with Crippen LogP contribution in [0.2, 0.25) is 0 Å². The van der Waals surface area contributed by atoms with Crippen molar-refractivity contribution < 1.29 is 27.4 Å². The van der Waals surface area contributed by atoms with Crippen LogP contribution in [0.3, 0.4) is 0 Å². The van der Waals surface area contributed by atoms with E-state index in [1.165, 1.54) is 13.2 Å². The van der Waals surface area contributed by atoms with Crippen molar-refractivity contribution in [3.8, 4) is 11.5 Å². The summed E-state index contributed by atoms with van der Waals surface area (Å²) in [5.74, 6) is 0.566. The van der Waals surface area contributed by atoms with Gasteiger partial charge >= 0.3 is 6.18 Å². The highest BCUT2D eigenvalue weighted by Crippen LogP contribution is 2.39. The number of carbonyl (C=O) groups is 1. The molecule has 0 bridgehead atoms. The second kappa shape index (κ2) is 8.42. The molecule has 164 valence electrons. The summed E-state index contributed by atoms with van der Waals surface area (Å²) >= 11 is 0. The van der Waals surface area contributed by atoms with Crippen LogP contribution in [0.1, 0.15) is 27.8 Å². The lowest BCUT2D eigenvalue weighted by molar-refractivity contribution is -0.137. The van der Waals surface area contributed by atoms with Crippen molar-refractivity contribution in [3.05, 3.63) is 88.5 Å². The minimum atomic E-state index is -4.48. The fourth-order valence-corrected chi connectivity index (χ4v) is 3.42. The molecular weight excluding hydrogens is 419 g/mol. The van der Waals surface area contributed by atoms with Gasteiger partial charge in [0.15, 0.2) is 11.5 Å². The fourth-order valence-electron chi connectivity index (χ4n) is 3.42. The van der Waals surface area contributed by atoms with E-state index in [9.17, 15) is 18.0 Å². The zero-order chi connectivity index (χ0) is 22.9. The van der Waals surface area contributed by atoms with Crippen LogP contribution in [0.5, 0.6) is 11.5 Å². The fraction of sp³-hybridized carbons (Fsp3) is 0.160. The molecule has 0 unspecified atom stereocenters. The normalized spacial score (nSPS) is 14.3. The topological polar surface area (TPSA) is 47.6 Å². The molecule has 4 nitrogen and oxygen atoms in total. The van der Waals surface area contributed by atoms with E-state index in [0.717, 1.165) is 23.3 Å². The van der Waals surface area contributed by atoms with Gasteiger partial charge in [-0.15, -0.1) is 0 Å². The zero-order valence-electron chi connectivity index (χ0n) is 17.4. The van der Waals surface area contributed by atoms with Gasteiger partial charge in [0.05, 0.1) is 12.7 Å². The monoisotopic (exact) mass is 439 g/mol. The number of methoxy groups -OCH3 is 1. The van der Waals surface area contributed by atoms with Crippen molar-refractivity contribution in [1.82, 2.24) is 0 Å². The quantitative estimate of drug-likeness (QED) is 0.489. The number of amides is 1. The van der Waals surface area contributed by atoms with Crippen LogP contribution in [0.25, 0.3) is 11.6 Å².